The van der Waals surface area contributed by atoms with Crippen LogP contribution in [0.4, 0.5) is 0 Å². The van der Waals surface area contributed by atoms with Gasteiger partial charge in [-0.15, -0.1) is 0 Å². The first-order valence-electron chi connectivity index (χ1n) is 4.59. The fourth-order valence-corrected chi connectivity index (χ4v) is 1.77. The summed E-state index contributed by atoms with van der Waals surface area (Å²) >= 11 is 0. The molecule has 0 atom stereocenters. The number of hydrogen-bond donors (Lipinski definition) is 1. The average molecular weight is 281 g/mol. The van der Waals surface area contributed by atoms with Gasteiger partial charge in [-0.05, 0) is 18.2 Å². The van der Waals surface area contributed by atoms with Gasteiger partial charge in [0.1, 0.15) is 0 Å². The summed E-state index contributed by atoms with van der Waals surface area (Å²) in [4.78, 5) is 22.0. The minimum Gasteiger partial charge on any atom is -0.465 e. The molecule has 0 aliphatic rings. The van der Waals surface area contributed by atoms with Gasteiger partial charge >= 0.3 is 11.9 Å². The third-order valence-electron chi connectivity index (χ3n) is 2.05. The second-order valence-corrected chi connectivity index (χ2v) is 4.63. The second-order valence-electron chi connectivity index (χ2n) is 3.20. The van der Waals surface area contributed by atoms with Crippen LogP contribution in [0.3, 0.4) is 0 Å². The zero-order chi connectivity index (χ0) is 13.9. The van der Waals surface area contributed by atoms with Crippen LogP contribution >= 0.6 is 0 Å². The van der Waals surface area contributed by atoms with E-state index in [1.54, 1.807) is 0 Å². The Hall–Kier alpha value is -1.33. The van der Waals surface area contributed by atoms with E-state index in [2.05, 4.69) is 9.47 Å². The van der Waals surface area contributed by atoms with Crippen molar-refractivity contribution in [1.82, 2.24) is 0 Å². The Kier molecular flexibility index (Phi) is 6.25. The van der Waals surface area contributed by atoms with Gasteiger partial charge < -0.3 is 9.47 Å². The van der Waals surface area contributed by atoms with Crippen molar-refractivity contribution >= 4 is 40.9 Å². The van der Waals surface area contributed by atoms with Crippen molar-refractivity contribution in [3.8, 4) is 0 Å². The Bertz CT molecular complexity index is 560. The molecule has 99 valence electrons. The number of hydrogen-bond acceptors (Lipinski definition) is 6. The third kappa shape index (κ3) is 4.36. The first-order valence-corrected chi connectivity index (χ1v) is 6.03. The fourth-order valence-electron chi connectivity index (χ4n) is 1.22. The van der Waals surface area contributed by atoms with Crippen LogP contribution in [0.15, 0.2) is 23.1 Å². The van der Waals surface area contributed by atoms with Gasteiger partial charge in [0.2, 0.25) is 0 Å². The van der Waals surface area contributed by atoms with Crippen molar-refractivity contribution in [3.05, 3.63) is 29.3 Å². The number of carbonyl (C=O) groups excluding carboxylic acids is 2. The van der Waals surface area contributed by atoms with E-state index in [1.165, 1.54) is 0 Å². The van der Waals surface area contributed by atoms with Crippen LogP contribution in [-0.4, -0.2) is 58.0 Å². The van der Waals surface area contributed by atoms with Crippen LogP contribution in [0.2, 0.25) is 0 Å². The Morgan fingerprint density at radius 3 is 1.63 bits per heavy atom. The summed E-state index contributed by atoms with van der Waals surface area (Å²) in [6.07, 6.45) is 0. The largest absolute Gasteiger partial charge is 0.465 e. The average Bonchev–Trinajstić information content (AvgIpc) is 2.35. The van der Waals surface area contributed by atoms with Gasteiger partial charge in [0.25, 0.3) is 10.1 Å². The maximum atomic E-state index is 11.3. The van der Waals surface area contributed by atoms with Crippen LogP contribution in [-0.2, 0) is 19.6 Å². The van der Waals surface area contributed by atoms with Crippen LogP contribution in [0.25, 0.3) is 0 Å². The molecule has 1 radical (unpaired) electrons. The maximum absolute atomic E-state index is 11.3. The molecule has 0 spiro atoms. The standard InChI is InChI=1S/C10H10O7S.Li/c1-16-9(11)6-3-7(10(12)17-2)5-8(4-6)18(13,14)15;/h3-5H,1-2H3,(H,13,14,15);. The minimum atomic E-state index is -4.55. The van der Waals surface area contributed by atoms with Crippen molar-refractivity contribution in [1.29, 1.82) is 0 Å². The van der Waals surface area contributed by atoms with E-state index in [0.717, 1.165) is 32.4 Å². The van der Waals surface area contributed by atoms with Crippen LogP contribution in [0.5, 0.6) is 0 Å². The normalized spacial score (nSPS) is 10.3. The molecule has 1 rings (SSSR count). The summed E-state index contributed by atoms with van der Waals surface area (Å²) in [5.41, 5.74) is -0.374. The molecule has 0 unspecified atom stereocenters. The van der Waals surface area contributed by atoms with E-state index in [0.29, 0.717) is 0 Å². The molecule has 1 aromatic carbocycles. The zero-order valence-electron chi connectivity index (χ0n) is 10.5. The SMILES string of the molecule is COC(=O)c1cc(C(=O)OC)cc(S(=O)(=O)O)c1.[Li]. The van der Waals surface area contributed by atoms with E-state index in [-0.39, 0.29) is 30.0 Å². The van der Waals surface area contributed by atoms with Crippen LogP contribution in [0, 0.1) is 0 Å². The Morgan fingerprint density at radius 2 is 1.37 bits per heavy atom. The molecule has 9 heteroatoms. The molecular formula is C10H10LiO7S. The topological polar surface area (TPSA) is 107 Å². The van der Waals surface area contributed by atoms with Gasteiger partial charge in [-0.25, -0.2) is 9.59 Å². The summed E-state index contributed by atoms with van der Waals surface area (Å²) in [6, 6.07) is 2.90. The summed E-state index contributed by atoms with van der Waals surface area (Å²) in [5, 5.41) is 0. The van der Waals surface area contributed by atoms with E-state index in [4.69, 9.17) is 4.55 Å². The maximum Gasteiger partial charge on any atom is 0.337 e. The molecule has 0 heterocycles. The predicted octanol–water partition coefficient (Wildman–Crippen LogP) is 0.126. The zero-order valence-corrected chi connectivity index (χ0v) is 11.4. The van der Waals surface area contributed by atoms with Gasteiger partial charge in [0, 0.05) is 18.9 Å². The van der Waals surface area contributed by atoms with Crippen molar-refractivity contribution < 1.29 is 32.0 Å². The molecule has 7 nitrogen and oxygen atoms in total. The third-order valence-corrected chi connectivity index (χ3v) is 2.88. The Labute approximate surface area is 121 Å². The molecule has 19 heavy (non-hydrogen) atoms. The Morgan fingerprint density at radius 1 is 1.00 bits per heavy atom. The number of carbonyl (C=O) groups is 2. The van der Waals surface area contributed by atoms with Crippen LogP contribution in [0.1, 0.15) is 20.7 Å². The van der Waals surface area contributed by atoms with Crippen molar-refractivity contribution in [2.45, 2.75) is 4.90 Å². The van der Waals surface area contributed by atoms with Crippen molar-refractivity contribution in [2.75, 3.05) is 14.2 Å². The molecule has 0 saturated carbocycles. The molecule has 0 aromatic heterocycles. The first-order chi connectivity index (χ1) is 8.29. The second kappa shape index (κ2) is 6.72. The number of rotatable bonds is 3. The molecule has 0 saturated heterocycles. The van der Waals surface area contributed by atoms with E-state index >= 15 is 0 Å². The van der Waals surface area contributed by atoms with E-state index < -0.39 is 27.0 Å². The fraction of sp³-hybridized carbons (Fsp3) is 0.200. The summed E-state index contributed by atoms with van der Waals surface area (Å²) in [7, 11) is -2.35. The summed E-state index contributed by atoms with van der Waals surface area (Å²) in [5.74, 6) is -1.68. The Balaban J connectivity index is 0.00000324. The van der Waals surface area contributed by atoms with Gasteiger partial charge in [0.15, 0.2) is 0 Å². The molecule has 0 amide bonds. The van der Waals surface area contributed by atoms with Gasteiger partial charge in [0.05, 0.1) is 30.2 Å². The van der Waals surface area contributed by atoms with E-state index in [9.17, 15) is 18.0 Å². The monoisotopic (exact) mass is 281 g/mol. The molecule has 0 bridgehead atoms. The van der Waals surface area contributed by atoms with E-state index in [1.807, 2.05) is 0 Å². The number of ether oxygens (including phenoxy) is 2. The molecule has 1 N–H and O–H groups in total. The van der Waals surface area contributed by atoms with Gasteiger partial charge in [-0.2, -0.15) is 8.42 Å². The smallest absolute Gasteiger partial charge is 0.337 e. The van der Waals surface area contributed by atoms with Crippen LogP contribution < -0.4 is 0 Å². The minimum absolute atomic E-state index is 0. The van der Waals surface area contributed by atoms with Gasteiger partial charge in [-0.1, -0.05) is 0 Å². The first kappa shape index (κ1) is 17.7. The molecule has 0 fully saturated rings. The van der Waals surface area contributed by atoms with Gasteiger partial charge in [-0.3, -0.25) is 4.55 Å². The molecule has 1 aromatic rings. The molecule has 0 aliphatic heterocycles. The summed E-state index contributed by atoms with van der Waals surface area (Å²) < 4.78 is 39.7. The number of benzene rings is 1. The number of esters is 2. The molecular weight excluding hydrogens is 271 g/mol. The number of methoxy groups -OCH3 is 2. The van der Waals surface area contributed by atoms with Crippen molar-refractivity contribution in [3.63, 3.8) is 0 Å². The predicted molar refractivity (Wildman–Crippen MR) is 64.7 cm³/mol. The quantitative estimate of drug-likeness (QED) is 0.476. The summed E-state index contributed by atoms with van der Waals surface area (Å²) in [6.45, 7) is 0. The molecule has 0 aliphatic carbocycles. The van der Waals surface area contributed by atoms with Crippen molar-refractivity contribution in [2.24, 2.45) is 0 Å².